The summed E-state index contributed by atoms with van der Waals surface area (Å²) in [6, 6.07) is 2.79. The first-order valence-corrected chi connectivity index (χ1v) is 5.24. The number of carbonyl (C=O) groups is 1. The Morgan fingerprint density at radius 3 is 2.47 bits per heavy atom. The van der Waals surface area contributed by atoms with Crippen LogP contribution in [0.15, 0.2) is 21.1 Å². The van der Waals surface area contributed by atoms with Crippen LogP contribution in [0.25, 0.3) is 0 Å². The molecule has 0 fully saturated rings. The van der Waals surface area contributed by atoms with Gasteiger partial charge >= 0.3 is 6.61 Å². The first-order valence-electron chi connectivity index (χ1n) is 3.65. The van der Waals surface area contributed by atoms with Crippen molar-refractivity contribution >= 4 is 37.8 Å². The lowest BCUT2D eigenvalue weighted by Crippen LogP contribution is -2.15. The van der Waals surface area contributed by atoms with Crippen LogP contribution in [0.3, 0.4) is 0 Å². The Balaban J connectivity index is 3.27. The zero-order valence-electron chi connectivity index (χ0n) is 7.14. The molecule has 0 spiro atoms. The molecule has 82 valence electrons. The molecule has 7 heteroatoms. The lowest BCUT2D eigenvalue weighted by atomic mass is 10.2. The molecular formula is C8H5Br2F2NO2. The number of hydrogen-bond donors (Lipinski definition) is 1. The van der Waals surface area contributed by atoms with E-state index in [4.69, 9.17) is 5.73 Å². The van der Waals surface area contributed by atoms with Gasteiger partial charge in [0.1, 0.15) is 0 Å². The Bertz CT molecular complexity index is 398. The fourth-order valence-electron chi connectivity index (χ4n) is 0.952. The number of benzene rings is 1. The van der Waals surface area contributed by atoms with E-state index in [1.165, 1.54) is 12.1 Å². The lowest BCUT2D eigenvalue weighted by Gasteiger charge is -2.10. The first kappa shape index (κ1) is 12.4. The first-order chi connectivity index (χ1) is 6.91. The Kier molecular flexibility index (Phi) is 4.04. The summed E-state index contributed by atoms with van der Waals surface area (Å²) in [6.45, 7) is -3.01. The van der Waals surface area contributed by atoms with Crippen LogP contribution in [0.5, 0.6) is 5.75 Å². The van der Waals surface area contributed by atoms with Crippen LogP contribution in [-0.4, -0.2) is 12.5 Å². The SMILES string of the molecule is NC(=O)c1cc(Br)cc(Br)c1OC(F)F. The van der Waals surface area contributed by atoms with E-state index in [1.807, 2.05) is 0 Å². The van der Waals surface area contributed by atoms with Gasteiger partial charge in [-0.05, 0) is 28.1 Å². The van der Waals surface area contributed by atoms with Gasteiger partial charge in [0.2, 0.25) is 0 Å². The number of ether oxygens (including phenoxy) is 1. The number of primary amides is 1. The number of hydrogen-bond acceptors (Lipinski definition) is 2. The molecule has 1 aromatic carbocycles. The third-order valence-electron chi connectivity index (χ3n) is 1.48. The van der Waals surface area contributed by atoms with Crippen molar-refractivity contribution in [3.63, 3.8) is 0 Å². The van der Waals surface area contributed by atoms with Crippen LogP contribution in [-0.2, 0) is 0 Å². The second kappa shape index (κ2) is 4.89. The quantitative estimate of drug-likeness (QED) is 0.916. The fourth-order valence-corrected chi connectivity index (χ4v) is 2.27. The van der Waals surface area contributed by atoms with Crippen molar-refractivity contribution in [2.24, 2.45) is 5.73 Å². The fraction of sp³-hybridized carbons (Fsp3) is 0.125. The Morgan fingerprint density at radius 1 is 1.40 bits per heavy atom. The van der Waals surface area contributed by atoms with Gasteiger partial charge in [-0.3, -0.25) is 4.79 Å². The van der Waals surface area contributed by atoms with Crippen molar-refractivity contribution in [2.75, 3.05) is 0 Å². The van der Waals surface area contributed by atoms with Gasteiger partial charge in [-0.25, -0.2) is 0 Å². The van der Waals surface area contributed by atoms with Crippen LogP contribution < -0.4 is 10.5 Å². The highest BCUT2D eigenvalue weighted by molar-refractivity contribution is 9.11. The van der Waals surface area contributed by atoms with E-state index in [2.05, 4.69) is 36.6 Å². The molecule has 0 aliphatic rings. The van der Waals surface area contributed by atoms with E-state index in [-0.39, 0.29) is 15.8 Å². The summed E-state index contributed by atoms with van der Waals surface area (Å²) < 4.78 is 29.0. The molecule has 0 aliphatic heterocycles. The third-order valence-corrected chi connectivity index (χ3v) is 2.53. The third kappa shape index (κ3) is 3.13. The van der Waals surface area contributed by atoms with Gasteiger partial charge < -0.3 is 10.5 Å². The summed E-state index contributed by atoms with van der Waals surface area (Å²) in [5.74, 6) is -1.10. The lowest BCUT2D eigenvalue weighted by molar-refractivity contribution is -0.0506. The van der Waals surface area contributed by atoms with Crippen LogP contribution >= 0.6 is 31.9 Å². The molecule has 0 bridgehead atoms. The normalized spacial score (nSPS) is 10.5. The topological polar surface area (TPSA) is 52.3 Å². The zero-order valence-corrected chi connectivity index (χ0v) is 10.3. The van der Waals surface area contributed by atoms with E-state index in [0.717, 1.165) is 0 Å². The second-order valence-electron chi connectivity index (χ2n) is 2.51. The predicted molar refractivity (Wildman–Crippen MR) is 57.0 cm³/mol. The smallest absolute Gasteiger partial charge is 0.387 e. The number of nitrogens with two attached hydrogens (primary N) is 1. The van der Waals surface area contributed by atoms with Crippen molar-refractivity contribution in [1.29, 1.82) is 0 Å². The van der Waals surface area contributed by atoms with E-state index < -0.39 is 12.5 Å². The van der Waals surface area contributed by atoms with E-state index >= 15 is 0 Å². The maximum atomic E-state index is 12.0. The molecule has 0 aliphatic carbocycles. The Morgan fingerprint density at radius 2 is 2.00 bits per heavy atom. The largest absolute Gasteiger partial charge is 0.433 e. The van der Waals surface area contributed by atoms with Gasteiger partial charge in [-0.15, -0.1) is 0 Å². The molecule has 1 amide bonds. The average molecular weight is 345 g/mol. The molecule has 0 unspecified atom stereocenters. The van der Waals surface area contributed by atoms with Gasteiger partial charge in [0.05, 0.1) is 10.0 Å². The van der Waals surface area contributed by atoms with Crippen molar-refractivity contribution in [3.8, 4) is 5.75 Å². The molecule has 3 nitrogen and oxygen atoms in total. The van der Waals surface area contributed by atoms with E-state index in [0.29, 0.717) is 4.47 Å². The number of halogens is 4. The Hall–Kier alpha value is -0.690. The molecule has 1 aromatic rings. The van der Waals surface area contributed by atoms with Crippen LogP contribution in [0, 0.1) is 0 Å². The molecule has 15 heavy (non-hydrogen) atoms. The van der Waals surface area contributed by atoms with Crippen LogP contribution in [0.2, 0.25) is 0 Å². The van der Waals surface area contributed by atoms with Crippen LogP contribution in [0.4, 0.5) is 8.78 Å². The molecule has 0 heterocycles. The van der Waals surface area contributed by atoms with Gasteiger partial charge in [-0.1, -0.05) is 15.9 Å². The molecule has 0 saturated heterocycles. The summed E-state index contributed by atoms with van der Waals surface area (Å²) in [4.78, 5) is 11.0. The van der Waals surface area contributed by atoms with Crippen molar-refractivity contribution in [2.45, 2.75) is 6.61 Å². The highest BCUT2D eigenvalue weighted by atomic mass is 79.9. The molecule has 0 saturated carbocycles. The highest BCUT2D eigenvalue weighted by Crippen LogP contribution is 2.33. The van der Waals surface area contributed by atoms with Crippen molar-refractivity contribution < 1.29 is 18.3 Å². The van der Waals surface area contributed by atoms with E-state index in [1.54, 1.807) is 0 Å². The Labute approximate surface area is 101 Å². The highest BCUT2D eigenvalue weighted by Gasteiger charge is 2.17. The number of carbonyl (C=O) groups excluding carboxylic acids is 1. The molecule has 0 radical (unpaired) electrons. The molecule has 2 N–H and O–H groups in total. The van der Waals surface area contributed by atoms with Gasteiger partial charge in [-0.2, -0.15) is 8.78 Å². The summed E-state index contributed by atoms with van der Waals surface area (Å²) >= 11 is 6.10. The van der Waals surface area contributed by atoms with E-state index in [9.17, 15) is 13.6 Å². The maximum Gasteiger partial charge on any atom is 0.387 e. The summed E-state index contributed by atoms with van der Waals surface area (Å²) in [5.41, 5.74) is 4.91. The molecule has 1 rings (SSSR count). The monoisotopic (exact) mass is 343 g/mol. The predicted octanol–water partition coefficient (Wildman–Crippen LogP) is 2.91. The summed E-state index contributed by atoms with van der Waals surface area (Å²) in [7, 11) is 0. The minimum absolute atomic E-state index is 0.114. The maximum absolute atomic E-state index is 12.0. The summed E-state index contributed by atoms with van der Waals surface area (Å²) in [6.07, 6.45) is 0. The molecular weight excluding hydrogens is 340 g/mol. The second-order valence-corrected chi connectivity index (χ2v) is 4.28. The van der Waals surface area contributed by atoms with Gasteiger partial charge in [0.25, 0.3) is 5.91 Å². The standard InChI is InChI=1S/C8H5Br2F2NO2/c9-3-1-4(7(13)14)6(5(10)2-3)15-8(11)12/h1-2,8H,(H2,13,14). The molecule has 0 aromatic heterocycles. The summed E-state index contributed by atoms with van der Waals surface area (Å²) in [5, 5.41) is 0. The number of rotatable bonds is 3. The average Bonchev–Trinajstić information content (AvgIpc) is 2.08. The minimum Gasteiger partial charge on any atom is -0.433 e. The molecule has 0 atom stereocenters. The van der Waals surface area contributed by atoms with Gasteiger partial charge in [0, 0.05) is 4.47 Å². The zero-order chi connectivity index (χ0) is 11.6. The van der Waals surface area contributed by atoms with Crippen LogP contribution in [0.1, 0.15) is 10.4 Å². The number of amides is 1. The van der Waals surface area contributed by atoms with Crippen molar-refractivity contribution in [3.05, 3.63) is 26.6 Å². The van der Waals surface area contributed by atoms with Crippen molar-refractivity contribution in [1.82, 2.24) is 0 Å². The number of alkyl halides is 2. The minimum atomic E-state index is -3.01. The van der Waals surface area contributed by atoms with Gasteiger partial charge in [0.15, 0.2) is 5.75 Å².